The van der Waals surface area contributed by atoms with Crippen LogP contribution >= 0.6 is 0 Å². The third-order valence-electron chi connectivity index (χ3n) is 6.53. The molecule has 2 heterocycles. The summed E-state index contributed by atoms with van der Waals surface area (Å²) in [5.74, 6) is 0.687. The lowest BCUT2D eigenvalue weighted by Crippen LogP contribution is -2.24. The lowest BCUT2D eigenvalue weighted by atomic mass is 10.0. The van der Waals surface area contributed by atoms with E-state index in [9.17, 15) is 0 Å². The summed E-state index contributed by atoms with van der Waals surface area (Å²) in [5, 5.41) is 0. The first-order valence-electron chi connectivity index (χ1n) is 12.7. The first kappa shape index (κ1) is 25.1. The van der Waals surface area contributed by atoms with Crippen LogP contribution < -0.4 is 10.5 Å². The van der Waals surface area contributed by atoms with Crippen LogP contribution in [0.15, 0.2) is 48.8 Å². The van der Waals surface area contributed by atoms with Crippen molar-refractivity contribution in [1.82, 2.24) is 19.5 Å². The van der Waals surface area contributed by atoms with Gasteiger partial charge in [0.2, 0.25) is 11.8 Å². The van der Waals surface area contributed by atoms with Gasteiger partial charge in [0.25, 0.3) is 0 Å². The van der Waals surface area contributed by atoms with Crippen LogP contribution in [0.25, 0.3) is 11.2 Å². The average Bonchev–Trinajstić information content (AvgIpc) is 3.41. The molecule has 8 heteroatoms. The van der Waals surface area contributed by atoms with Crippen LogP contribution in [0, 0.1) is 5.92 Å². The van der Waals surface area contributed by atoms with Crippen molar-refractivity contribution in [2.24, 2.45) is 5.92 Å². The van der Waals surface area contributed by atoms with Gasteiger partial charge in [-0.05, 0) is 30.4 Å². The molecule has 35 heavy (non-hydrogen) atoms. The molecule has 2 N–H and O–H groups in total. The first-order valence-corrected chi connectivity index (χ1v) is 12.7. The van der Waals surface area contributed by atoms with Crippen molar-refractivity contribution in [3.8, 4) is 5.88 Å². The van der Waals surface area contributed by atoms with Crippen molar-refractivity contribution >= 4 is 17.1 Å². The predicted molar refractivity (Wildman–Crippen MR) is 137 cm³/mol. The predicted octanol–water partition coefficient (Wildman–Crippen LogP) is 5.11. The third-order valence-corrected chi connectivity index (χ3v) is 6.53. The molecule has 1 aromatic carbocycles. The smallest absolute Gasteiger partial charge is 0.247 e. The Morgan fingerprint density at radius 1 is 1.09 bits per heavy atom. The Bertz CT molecular complexity index is 1100. The van der Waals surface area contributed by atoms with Gasteiger partial charge in [0, 0.05) is 12.5 Å². The maximum atomic E-state index is 6.33. The molecular formula is C27H37N5O3. The minimum absolute atomic E-state index is 0.0188. The number of nitrogens with two attached hydrogens (primary N) is 1. The van der Waals surface area contributed by atoms with Crippen LogP contribution in [0.5, 0.6) is 5.88 Å². The summed E-state index contributed by atoms with van der Waals surface area (Å²) in [6.45, 7) is 11.2. The number of benzene rings is 1. The molecular weight excluding hydrogens is 442 g/mol. The molecule has 3 aromatic rings. The number of unbranched alkanes of at least 4 members (excludes halogenated alkanes) is 2. The summed E-state index contributed by atoms with van der Waals surface area (Å²) in [6.07, 6.45) is 6.68. The fourth-order valence-corrected chi connectivity index (χ4v) is 4.52. The first-order chi connectivity index (χ1) is 17.1. The van der Waals surface area contributed by atoms with Crippen molar-refractivity contribution in [2.75, 3.05) is 25.6 Å². The molecule has 8 nitrogen and oxygen atoms in total. The van der Waals surface area contributed by atoms with E-state index in [0.29, 0.717) is 36.9 Å². The minimum Gasteiger partial charge on any atom is -0.476 e. The van der Waals surface area contributed by atoms with Gasteiger partial charge in [-0.25, -0.2) is 4.98 Å². The second-order valence-electron chi connectivity index (χ2n) is 9.11. The number of ether oxygens (including phenoxy) is 3. The fourth-order valence-electron chi connectivity index (χ4n) is 4.52. The van der Waals surface area contributed by atoms with Crippen molar-refractivity contribution in [2.45, 2.75) is 64.7 Å². The van der Waals surface area contributed by atoms with Crippen molar-refractivity contribution in [3.05, 3.63) is 54.4 Å². The molecule has 0 radical (unpaired) electrons. The molecule has 0 amide bonds. The summed E-state index contributed by atoms with van der Waals surface area (Å²) >= 11 is 0. The van der Waals surface area contributed by atoms with Gasteiger partial charge in [-0.1, -0.05) is 63.6 Å². The summed E-state index contributed by atoms with van der Waals surface area (Å²) in [6, 6.07) is 10.2. The molecule has 1 saturated carbocycles. The van der Waals surface area contributed by atoms with Gasteiger partial charge in [-0.3, -0.25) is 0 Å². The van der Waals surface area contributed by atoms with Gasteiger partial charge < -0.3 is 24.5 Å². The third kappa shape index (κ3) is 6.00. The highest BCUT2D eigenvalue weighted by molar-refractivity contribution is 5.77. The number of hydrogen-bond acceptors (Lipinski definition) is 7. The zero-order valence-corrected chi connectivity index (χ0v) is 20.9. The molecule has 0 spiro atoms. The molecule has 0 aliphatic heterocycles. The highest BCUT2D eigenvalue weighted by Crippen LogP contribution is 2.42. The molecule has 0 unspecified atom stereocenters. The van der Waals surface area contributed by atoms with Gasteiger partial charge in [0.1, 0.15) is 0 Å². The highest BCUT2D eigenvalue weighted by Gasteiger charge is 2.40. The Labute approximate surface area is 207 Å². The SMILES string of the molecule is C=C1[C@H](COCc2ccccc2)[C@@H](OCCCC)C[C@@H]1n1cnc2c(OCCCC)nc(N)nc21. The normalized spacial score (nSPS) is 20.1. The molecule has 188 valence electrons. The largest absolute Gasteiger partial charge is 0.476 e. The topological polar surface area (TPSA) is 97.3 Å². The van der Waals surface area contributed by atoms with Gasteiger partial charge in [-0.15, -0.1) is 0 Å². The molecule has 0 saturated heterocycles. The van der Waals surface area contributed by atoms with E-state index in [4.69, 9.17) is 19.9 Å². The Morgan fingerprint density at radius 3 is 2.63 bits per heavy atom. The van der Waals surface area contributed by atoms with E-state index in [1.54, 1.807) is 6.33 Å². The Kier molecular flexibility index (Phi) is 8.71. The number of nitrogens with zero attached hydrogens (tertiary/aromatic N) is 4. The molecule has 1 fully saturated rings. The van der Waals surface area contributed by atoms with E-state index in [1.165, 1.54) is 0 Å². The van der Waals surface area contributed by atoms with E-state index < -0.39 is 0 Å². The van der Waals surface area contributed by atoms with Gasteiger partial charge in [0.05, 0.1) is 38.3 Å². The zero-order valence-electron chi connectivity index (χ0n) is 20.9. The van der Waals surface area contributed by atoms with E-state index in [2.05, 4.69) is 47.5 Å². The fraction of sp³-hybridized carbons (Fsp3) is 0.519. The second kappa shape index (κ2) is 12.1. The number of imidazole rings is 1. The van der Waals surface area contributed by atoms with Crippen LogP contribution in [0.1, 0.15) is 57.6 Å². The van der Waals surface area contributed by atoms with Crippen molar-refractivity contribution < 1.29 is 14.2 Å². The van der Waals surface area contributed by atoms with Gasteiger partial charge in [-0.2, -0.15) is 9.97 Å². The van der Waals surface area contributed by atoms with Gasteiger partial charge in [0.15, 0.2) is 11.2 Å². The number of nitrogen functional groups attached to an aromatic ring is 1. The summed E-state index contributed by atoms with van der Waals surface area (Å²) in [7, 11) is 0. The average molecular weight is 480 g/mol. The van der Waals surface area contributed by atoms with Crippen LogP contribution in [0.4, 0.5) is 5.95 Å². The number of hydrogen-bond donors (Lipinski definition) is 1. The molecule has 2 aromatic heterocycles. The Hall–Kier alpha value is -2.97. The lowest BCUT2D eigenvalue weighted by Gasteiger charge is -2.21. The number of fused-ring (bicyclic) bond motifs is 1. The maximum Gasteiger partial charge on any atom is 0.247 e. The summed E-state index contributed by atoms with van der Waals surface area (Å²) in [5.41, 5.74) is 9.53. The number of aromatic nitrogens is 4. The standard InChI is InChI=1S/C27H37N5O3/c1-4-6-13-34-23-15-22(19(3)21(23)17-33-16-20-11-9-8-10-12-20)32-18-29-24-25(32)30-27(28)31-26(24)35-14-7-5-2/h8-12,18,21-23H,3-7,13-17H2,1-2H3,(H2,28,30,31)/t21-,22-,23-/m0/s1. The van der Waals surface area contributed by atoms with E-state index >= 15 is 0 Å². The molecule has 1 aliphatic carbocycles. The van der Waals surface area contributed by atoms with E-state index in [-0.39, 0.29) is 24.0 Å². The molecule has 1 aliphatic rings. The van der Waals surface area contributed by atoms with Crippen molar-refractivity contribution in [3.63, 3.8) is 0 Å². The molecule has 0 bridgehead atoms. The van der Waals surface area contributed by atoms with Crippen LogP contribution in [0.2, 0.25) is 0 Å². The van der Waals surface area contributed by atoms with E-state index in [1.807, 2.05) is 22.8 Å². The summed E-state index contributed by atoms with van der Waals surface area (Å²) in [4.78, 5) is 13.4. The van der Waals surface area contributed by atoms with Crippen LogP contribution in [-0.2, 0) is 16.1 Å². The maximum absolute atomic E-state index is 6.33. The summed E-state index contributed by atoms with van der Waals surface area (Å²) < 4.78 is 20.4. The monoisotopic (exact) mass is 479 g/mol. The number of rotatable bonds is 13. The Balaban J connectivity index is 1.53. The molecule has 3 atom stereocenters. The van der Waals surface area contributed by atoms with E-state index in [0.717, 1.165) is 49.8 Å². The minimum atomic E-state index is -0.0188. The van der Waals surface area contributed by atoms with Gasteiger partial charge >= 0.3 is 0 Å². The van der Waals surface area contributed by atoms with Crippen LogP contribution in [0.3, 0.4) is 0 Å². The Morgan fingerprint density at radius 2 is 1.86 bits per heavy atom. The van der Waals surface area contributed by atoms with Crippen LogP contribution in [-0.4, -0.2) is 45.4 Å². The number of anilines is 1. The zero-order chi connectivity index (χ0) is 24.6. The molecule has 4 rings (SSSR count). The van der Waals surface area contributed by atoms with Crippen molar-refractivity contribution in [1.29, 1.82) is 0 Å². The lowest BCUT2D eigenvalue weighted by molar-refractivity contribution is -0.00463. The highest BCUT2D eigenvalue weighted by atomic mass is 16.5. The quantitative estimate of drug-likeness (QED) is 0.269. The second-order valence-corrected chi connectivity index (χ2v) is 9.11.